The van der Waals surface area contributed by atoms with Gasteiger partial charge in [-0.15, -0.1) is 0 Å². The van der Waals surface area contributed by atoms with Crippen LogP contribution in [0.5, 0.6) is 0 Å². The second-order valence-electron chi connectivity index (χ2n) is 5.49. The Balaban J connectivity index is 2.23. The van der Waals surface area contributed by atoms with Crippen molar-refractivity contribution < 1.29 is 0 Å². The third-order valence-electron chi connectivity index (χ3n) is 3.28. The molecule has 0 atom stereocenters. The summed E-state index contributed by atoms with van der Waals surface area (Å²) in [6.07, 6.45) is 2.58. The van der Waals surface area contributed by atoms with E-state index in [2.05, 4.69) is 35.6 Å². The molecule has 0 radical (unpaired) electrons. The number of nitrogens with zero attached hydrogens (tertiary/aromatic N) is 2. The number of nitrogens with two attached hydrogens (primary N) is 1. The minimum absolute atomic E-state index is 0.339. The monoisotopic (exact) mass is 238 g/mol. The third-order valence-corrected chi connectivity index (χ3v) is 3.28. The zero-order valence-corrected chi connectivity index (χ0v) is 11.4. The first kappa shape index (κ1) is 14.0. The first-order chi connectivity index (χ1) is 7.92. The van der Waals surface area contributed by atoms with Crippen LogP contribution in [0.25, 0.3) is 0 Å². The molecule has 0 spiro atoms. The van der Waals surface area contributed by atoms with Gasteiger partial charge in [0.05, 0.1) is 6.54 Å². The predicted molar refractivity (Wildman–Crippen MR) is 74.2 cm³/mol. The van der Waals surface area contributed by atoms with Crippen molar-refractivity contribution in [1.29, 1.82) is 0 Å². The van der Waals surface area contributed by atoms with Crippen molar-refractivity contribution in [2.75, 3.05) is 26.2 Å². The van der Waals surface area contributed by atoms with Gasteiger partial charge in [-0.25, -0.2) is 4.99 Å². The molecule has 4 heteroatoms. The summed E-state index contributed by atoms with van der Waals surface area (Å²) >= 11 is 0. The largest absolute Gasteiger partial charge is 0.370 e. The maximum absolute atomic E-state index is 5.75. The number of hydrogen-bond acceptors (Lipinski definition) is 2. The van der Waals surface area contributed by atoms with Crippen molar-refractivity contribution in [3.63, 3.8) is 0 Å². The minimum atomic E-state index is 0.339. The number of rotatable bonds is 5. The molecule has 0 bridgehead atoms. The number of guanidine groups is 1. The van der Waals surface area contributed by atoms with Gasteiger partial charge in [0.15, 0.2) is 5.96 Å². The molecule has 0 aromatic carbocycles. The predicted octanol–water partition coefficient (Wildman–Crippen LogP) is 1.34. The van der Waals surface area contributed by atoms with Crippen molar-refractivity contribution in [1.82, 2.24) is 10.2 Å². The van der Waals surface area contributed by atoms with E-state index in [4.69, 9.17) is 5.73 Å². The first-order valence-corrected chi connectivity index (χ1v) is 6.35. The summed E-state index contributed by atoms with van der Waals surface area (Å²) < 4.78 is 0. The van der Waals surface area contributed by atoms with Crippen molar-refractivity contribution in [3.05, 3.63) is 12.2 Å². The van der Waals surface area contributed by atoms with Gasteiger partial charge in [-0.2, -0.15) is 0 Å². The second kappa shape index (κ2) is 6.05. The normalized spacial score (nSPS) is 20.5. The summed E-state index contributed by atoms with van der Waals surface area (Å²) in [5, 5.41) is 3.15. The highest BCUT2D eigenvalue weighted by Gasteiger charge is 2.30. The minimum Gasteiger partial charge on any atom is -0.370 e. The van der Waals surface area contributed by atoms with Crippen LogP contribution in [0.3, 0.4) is 0 Å². The molecule has 1 heterocycles. The van der Waals surface area contributed by atoms with Gasteiger partial charge in [-0.1, -0.05) is 12.2 Å². The van der Waals surface area contributed by atoms with E-state index in [9.17, 15) is 0 Å². The SMILES string of the molecule is C=C(C)CN=C(N)NCCN1CCCC1(C)C. The molecule has 1 aliphatic rings. The quantitative estimate of drug-likeness (QED) is 0.432. The highest BCUT2D eigenvalue weighted by atomic mass is 15.2. The lowest BCUT2D eigenvalue weighted by Crippen LogP contribution is -2.44. The fourth-order valence-corrected chi connectivity index (χ4v) is 2.17. The van der Waals surface area contributed by atoms with Crippen molar-refractivity contribution in [2.24, 2.45) is 10.7 Å². The Labute approximate surface area is 105 Å². The van der Waals surface area contributed by atoms with Gasteiger partial charge in [-0.05, 0) is 40.2 Å². The molecule has 0 unspecified atom stereocenters. The number of likely N-dealkylation sites (tertiary alicyclic amines) is 1. The van der Waals surface area contributed by atoms with Crippen LogP contribution in [0.4, 0.5) is 0 Å². The van der Waals surface area contributed by atoms with Crippen LogP contribution in [0.2, 0.25) is 0 Å². The highest BCUT2D eigenvalue weighted by Crippen LogP contribution is 2.27. The number of aliphatic imine (C=N–C) groups is 1. The van der Waals surface area contributed by atoms with E-state index in [0.29, 0.717) is 18.0 Å². The van der Waals surface area contributed by atoms with Crippen molar-refractivity contribution >= 4 is 5.96 Å². The summed E-state index contributed by atoms with van der Waals surface area (Å²) in [6, 6.07) is 0. The molecule has 0 aromatic heterocycles. The Hall–Kier alpha value is -1.03. The second-order valence-corrected chi connectivity index (χ2v) is 5.49. The smallest absolute Gasteiger partial charge is 0.188 e. The molecule has 0 aromatic rings. The van der Waals surface area contributed by atoms with Crippen LogP contribution in [0.1, 0.15) is 33.6 Å². The van der Waals surface area contributed by atoms with Crippen molar-refractivity contribution in [3.8, 4) is 0 Å². The molecule has 1 aliphatic heterocycles. The van der Waals surface area contributed by atoms with Crippen molar-refractivity contribution in [2.45, 2.75) is 39.2 Å². The van der Waals surface area contributed by atoms with E-state index in [-0.39, 0.29) is 0 Å². The topological polar surface area (TPSA) is 53.6 Å². The first-order valence-electron chi connectivity index (χ1n) is 6.35. The summed E-state index contributed by atoms with van der Waals surface area (Å²) in [6.45, 7) is 14.0. The fourth-order valence-electron chi connectivity index (χ4n) is 2.17. The van der Waals surface area contributed by atoms with E-state index in [1.165, 1.54) is 19.4 Å². The van der Waals surface area contributed by atoms with Gasteiger partial charge in [0.2, 0.25) is 0 Å². The molecule has 0 saturated carbocycles. The Morgan fingerprint density at radius 1 is 1.53 bits per heavy atom. The molecule has 3 N–H and O–H groups in total. The van der Waals surface area contributed by atoms with E-state index >= 15 is 0 Å². The lowest BCUT2D eigenvalue weighted by molar-refractivity contribution is 0.178. The molecule has 0 aliphatic carbocycles. The van der Waals surface area contributed by atoms with Gasteiger partial charge in [-0.3, -0.25) is 4.90 Å². The summed E-state index contributed by atoms with van der Waals surface area (Å²) in [7, 11) is 0. The molecule has 1 saturated heterocycles. The molecule has 0 amide bonds. The summed E-state index contributed by atoms with van der Waals surface area (Å²) in [4.78, 5) is 6.70. The lowest BCUT2D eigenvalue weighted by Gasteiger charge is -2.31. The van der Waals surface area contributed by atoms with E-state index in [1.54, 1.807) is 0 Å². The van der Waals surface area contributed by atoms with Crippen LogP contribution < -0.4 is 11.1 Å². The molecule has 1 rings (SSSR count). The Morgan fingerprint density at radius 2 is 2.24 bits per heavy atom. The zero-order valence-electron chi connectivity index (χ0n) is 11.4. The molecular formula is C13H26N4. The number of hydrogen-bond donors (Lipinski definition) is 2. The standard InChI is InChI=1S/C13H26N4/c1-11(2)10-16-12(14)15-7-9-17-8-5-6-13(17,3)4/h1,5-10H2,2-4H3,(H3,14,15,16). The Kier molecular flexibility index (Phi) is 5.00. The van der Waals surface area contributed by atoms with E-state index in [1.807, 2.05) is 6.92 Å². The maximum Gasteiger partial charge on any atom is 0.188 e. The Bertz CT molecular complexity index is 294. The van der Waals surface area contributed by atoms with Gasteiger partial charge >= 0.3 is 0 Å². The van der Waals surface area contributed by atoms with Gasteiger partial charge in [0.1, 0.15) is 0 Å². The highest BCUT2D eigenvalue weighted by molar-refractivity contribution is 5.77. The molecule has 98 valence electrons. The van der Waals surface area contributed by atoms with Crippen LogP contribution in [0, 0.1) is 0 Å². The summed E-state index contributed by atoms with van der Waals surface area (Å²) in [5.41, 5.74) is 7.12. The fraction of sp³-hybridized carbons (Fsp3) is 0.769. The third kappa shape index (κ3) is 4.77. The van der Waals surface area contributed by atoms with Crippen LogP contribution in [-0.4, -0.2) is 42.6 Å². The number of nitrogens with one attached hydrogen (secondary N) is 1. The van der Waals surface area contributed by atoms with Gasteiger partial charge in [0.25, 0.3) is 0 Å². The average molecular weight is 238 g/mol. The Morgan fingerprint density at radius 3 is 2.76 bits per heavy atom. The van der Waals surface area contributed by atoms with Crippen LogP contribution in [0.15, 0.2) is 17.1 Å². The molecular weight excluding hydrogens is 212 g/mol. The zero-order chi connectivity index (χ0) is 12.9. The van der Waals surface area contributed by atoms with Crippen LogP contribution in [-0.2, 0) is 0 Å². The van der Waals surface area contributed by atoms with Crippen LogP contribution >= 0.6 is 0 Å². The summed E-state index contributed by atoms with van der Waals surface area (Å²) in [5.74, 6) is 0.519. The van der Waals surface area contributed by atoms with Gasteiger partial charge in [0, 0.05) is 18.6 Å². The van der Waals surface area contributed by atoms with E-state index in [0.717, 1.165) is 18.7 Å². The molecule has 17 heavy (non-hydrogen) atoms. The van der Waals surface area contributed by atoms with E-state index < -0.39 is 0 Å². The maximum atomic E-state index is 5.75. The average Bonchev–Trinajstić information content (AvgIpc) is 2.55. The lowest BCUT2D eigenvalue weighted by atomic mass is 10.0. The molecule has 1 fully saturated rings. The van der Waals surface area contributed by atoms with Gasteiger partial charge < -0.3 is 11.1 Å². The molecule has 4 nitrogen and oxygen atoms in total.